The highest BCUT2D eigenvalue weighted by molar-refractivity contribution is 7.80. The van der Waals surface area contributed by atoms with Gasteiger partial charge in [0.25, 0.3) is 0 Å². The summed E-state index contributed by atoms with van der Waals surface area (Å²) in [5.74, 6) is -0.288. The zero-order valence-electron chi connectivity index (χ0n) is 14.1. The van der Waals surface area contributed by atoms with Crippen LogP contribution in [0, 0.1) is 5.82 Å². The zero-order valence-corrected chi connectivity index (χ0v) is 15.6. The van der Waals surface area contributed by atoms with Gasteiger partial charge < -0.3 is 15.1 Å². The number of thiocarbonyl (C=S) groups is 1. The van der Waals surface area contributed by atoms with Crippen molar-refractivity contribution in [3.63, 3.8) is 0 Å². The van der Waals surface area contributed by atoms with Crippen molar-refractivity contribution in [1.82, 2.24) is 4.90 Å². The SMILES string of the molecule is Fc1ccc(N2CCN(C(=S)Nc3ccc(Cl)c(C(F)(F)F)c3)CC2)cc1. The summed E-state index contributed by atoms with van der Waals surface area (Å²) in [6.07, 6.45) is -4.53. The van der Waals surface area contributed by atoms with Gasteiger partial charge in [-0.15, -0.1) is 0 Å². The van der Waals surface area contributed by atoms with Crippen LogP contribution in [0.3, 0.4) is 0 Å². The number of hydrogen-bond donors (Lipinski definition) is 1. The Morgan fingerprint density at radius 3 is 2.22 bits per heavy atom. The predicted molar refractivity (Wildman–Crippen MR) is 103 cm³/mol. The first-order valence-corrected chi connectivity index (χ1v) is 8.96. The molecule has 3 rings (SSSR count). The summed E-state index contributed by atoms with van der Waals surface area (Å²) in [5, 5.41) is 2.84. The maximum absolute atomic E-state index is 13.0. The monoisotopic (exact) mass is 417 g/mol. The highest BCUT2D eigenvalue weighted by atomic mass is 35.5. The summed E-state index contributed by atoms with van der Waals surface area (Å²) in [6.45, 7) is 2.54. The van der Waals surface area contributed by atoms with Crippen molar-refractivity contribution in [2.45, 2.75) is 6.18 Å². The van der Waals surface area contributed by atoms with Crippen LogP contribution in [0.2, 0.25) is 5.02 Å². The van der Waals surface area contributed by atoms with Crippen molar-refractivity contribution in [3.05, 3.63) is 58.9 Å². The molecule has 0 unspecified atom stereocenters. The third kappa shape index (κ3) is 4.81. The van der Waals surface area contributed by atoms with E-state index in [2.05, 4.69) is 10.2 Å². The molecule has 2 aromatic rings. The number of piperazine rings is 1. The standard InChI is InChI=1S/C18H16ClF4N3S/c19-16-6-3-13(11-15(16)18(21,22)23)24-17(27)26-9-7-25(8-10-26)14-4-1-12(20)2-5-14/h1-6,11H,7-10H2,(H,24,27). The molecule has 9 heteroatoms. The summed E-state index contributed by atoms with van der Waals surface area (Å²) in [4.78, 5) is 3.99. The third-order valence-corrected chi connectivity index (χ3v) is 4.97. The van der Waals surface area contributed by atoms with E-state index >= 15 is 0 Å². The Labute approximate surface area is 164 Å². The van der Waals surface area contributed by atoms with Gasteiger partial charge in [0.1, 0.15) is 5.82 Å². The number of benzene rings is 2. The fraction of sp³-hybridized carbons (Fsp3) is 0.278. The van der Waals surface area contributed by atoms with E-state index in [9.17, 15) is 17.6 Å². The van der Waals surface area contributed by atoms with E-state index in [4.69, 9.17) is 23.8 Å². The predicted octanol–water partition coefficient (Wildman–Crippen LogP) is 5.02. The van der Waals surface area contributed by atoms with Gasteiger partial charge in [0, 0.05) is 37.6 Å². The van der Waals surface area contributed by atoms with E-state index in [-0.39, 0.29) is 16.5 Å². The van der Waals surface area contributed by atoms with Crippen LogP contribution in [0.1, 0.15) is 5.56 Å². The number of alkyl halides is 3. The highest BCUT2D eigenvalue weighted by Gasteiger charge is 2.33. The quantitative estimate of drug-likeness (QED) is 0.546. The fourth-order valence-corrected chi connectivity index (χ4v) is 3.37. The molecule has 0 amide bonds. The molecule has 0 spiro atoms. The van der Waals surface area contributed by atoms with Crippen LogP contribution in [-0.4, -0.2) is 36.2 Å². The lowest BCUT2D eigenvalue weighted by atomic mass is 10.2. The number of halogens is 5. The fourth-order valence-electron chi connectivity index (χ4n) is 2.84. The van der Waals surface area contributed by atoms with Crippen LogP contribution < -0.4 is 10.2 Å². The number of nitrogens with one attached hydrogen (secondary N) is 1. The van der Waals surface area contributed by atoms with Gasteiger partial charge in [-0.3, -0.25) is 0 Å². The second-order valence-corrected chi connectivity index (χ2v) is 6.87. The second-order valence-electron chi connectivity index (χ2n) is 6.07. The van der Waals surface area contributed by atoms with Crippen molar-refractivity contribution >= 4 is 40.3 Å². The van der Waals surface area contributed by atoms with Gasteiger partial charge >= 0.3 is 6.18 Å². The van der Waals surface area contributed by atoms with Crippen molar-refractivity contribution in [2.75, 3.05) is 36.4 Å². The summed E-state index contributed by atoms with van der Waals surface area (Å²) < 4.78 is 51.9. The molecule has 3 nitrogen and oxygen atoms in total. The van der Waals surface area contributed by atoms with Gasteiger partial charge in [-0.05, 0) is 54.7 Å². The second kappa shape index (κ2) is 7.90. The van der Waals surface area contributed by atoms with Crippen LogP contribution >= 0.6 is 23.8 Å². The van der Waals surface area contributed by atoms with Crippen molar-refractivity contribution < 1.29 is 17.6 Å². The van der Waals surface area contributed by atoms with Crippen LogP contribution in [0.5, 0.6) is 0 Å². The molecule has 1 saturated heterocycles. The lowest BCUT2D eigenvalue weighted by Gasteiger charge is -2.37. The Morgan fingerprint density at radius 2 is 1.63 bits per heavy atom. The van der Waals surface area contributed by atoms with E-state index in [1.807, 2.05) is 4.90 Å². The van der Waals surface area contributed by atoms with E-state index in [0.717, 1.165) is 11.8 Å². The number of rotatable bonds is 2. The maximum atomic E-state index is 13.0. The maximum Gasteiger partial charge on any atom is 0.417 e. The molecule has 0 saturated carbocycles. The molecule has 1 aliphatic heterocycles. The molecule has 144 valence electrons. The summed E-state index contributed by atoms with van der Waals surface area (Å²) in [7, 11) is 0. The molecule has 2 aromatic carbocycles. The Kier molecular flexibility index (Phi) is 5.76. The largest absolute Gasteiger partial charge is 0.417 e. The van der Waals surface area contributed by atoms with Crippen LogP contribution in [0.15, 0.2) is 42.5 Å². The number of hydrogen-bond acceptors (Lipinski definition) is 2. The first kappa shape index (κ1) is 19.7. The van der Waals surface area contributed by atoms with Crippen molar-refractivity contribution in [1.29, 1.82) is 0 Å². The molecule has 1 N–H and O–H groups in total. The van der Waals surface area contributed by atoms with E-state index in [1.165, 1.54) is 24.3 Å². The third-order valence-electron chi connectivity index (χ3n) is 4.28. The number of nitrogens with zero attached hydrogens (tertiary/aromatic N) is 2. The molecule has 27 heavy (non-hydrogen) atoms. The first-order valence-electron chi connectivity index (χ1n) is 8.17. The molecular weight excluding hydrogens is 402 g/mol. The molecule has 0 radical (unpaired) electrons. The molecule has 1 aliphatic rings. The van der Waals surface area contributed by atoms with Gasteiger partial charge in [-0.1, -0.05) is 11.6 Å². The number of anilines is 2. The first-order chi connectivity index (χ1) is 12.7. The highest BCUT2D eigenvalue weighted by Crippen LogP contribution is 2.36. The molecule has 0 atom stereocenters. The molecule has 1 heterocycles. The lowest BCUT2D eigenvalue weighted by Crippen LogP contribution is -2.50. The van der Waals surface area contributed by atoms with E-state index < -0.39 is 11.7 Å². The van der Waals surface area contributed by atoms with Gasteiger partial charge in [0.2, 0.25) is 0 Å². The minimum absolute atomic E-state index is 0.234. The van der Waals surface area contributed by atoms with Gasteiger partial charge in [0.15, 0.2) is 5.11 Å². The normalized spacial score (nSPS) is 15.0. The minimum atomic E-state index is -4.53. The molecule has 0 aliphatic carbocycles. The van der Waals surface area contributed by atoms with Gasteiger partial charge in [-0.25, -0.2) is 4.39 Å². The van der Waals surface area contributed by atoms with Crippen LogP contribution in [-0.2, 0) is 6.18 Å². The lowest BCUT2D eigenvalue weighted by molar-refractivity contribution is -0.137. The summed E-state index contributed by atoms with van der Waals surface area (Å²) >= 11 is 11.0. The van der Waals surface area contributed by atoms with Gasteiger partial charge in [0.05, 0.1) is 10.6 Å². The average Bonchev–Trinajstić information content (AvgIpc) is 2.63. The Morgan fingerprint density at radius 1 is 1.00 bits per heavy atom. The summed E-state index contributed by atoms with van der Waals surface area (Å²) in [6, 6.07) is 9.85. The smallest absolute Gasteiger partial charge is 0.368 e. The Bertz CT molecular complexity index is 818. The average molecular weight is 418 g/mol. The topological polar surface area (TPSA) is 18.5 Å². The van der Waals surface area contributed by atoms with E-state index in [1.54, 1.807) is 12.1 Å². The molecule has 1 fully saturated rings. The molecular formula is C18H16ClF4N3S. The molecule has 0 bridgehead atoms. The molecule has 0 aromatic heterocycles. The van der Waals surface area contributed by atoms with Gasteiger partial charge in [-0.2, -0.15) is 13.2 Å². The van der Waals surface area contributed by atoms with E-state index in [0.29, 0.717) is 31.3 Å². The van der Waals surface area contributed by atoms with Crippen molar-refractivity contribution in [2.24, 2.45) is 0 Å². The van der Waals surface area contributed by atoms with Crippen LogP contribution in [0.4, 0.5) is 28.9 Å². The Hall–Kier alpha value is -2.06. The zero-order chi connectivity index (χ0) is 19.6. The summed E-state index contributed by atoms with van der Waals surface area (Å²) in [5.41, 5.74) is 0.248. The van der Waals surface area contributed by atoms with Crippen LogP contribution in [0.25, 0.3) is 0 Å². The minimum Gasteiger partial charge on any atom is -0.368 e. The Balaban J connectivity index is 1.61. The van der Waals surface area contributed by atoms with Crippen molar-refractivity contribution in [3.8, 4) is 0 Å².